The fraction of sp³-hybridized carbons (Fsp3) is 0. The lowest BCUT2D eigenvalue weighted by Gasteiger charge is -2.13. The third-order valence-corrected chi connectivity index (χ3v) is 9.05. The molecule has 0 fully saturated rings. The maximum absolute atomic E-state index is 5.17. The van der Waals surface area contributed by atoms with Crippen LogP contribution in [0.4, 0.5) is 0 Å². The summed E-state index contributed by atoms with van der Waals surface area (Å²) in [5.74, 6) is 0.697. The van der Waals surface area contributed by atoms with Crippen LogP contribution in [0.2, 0.25) is 0 Å². The van der Waals surface area contributed by atoms with E-state index in [1.54, 1.807) is 11.3 Å². The number of hydrogen-bond acceptors (Lipinski definition) is 4. The zero-order chi connectivity index (χ0) is 30.0. The van der Waals surface area contributed by atoms with Crippen LogP contribution >= 0.6 is 11.3 Å². The Hall–Kier alpha value is -5.71. The molecule has 0 spiro atoms. The lowest BCUT2D eigenvalue weighted by atomic mass is 9.96. The molecule has 0 aliphatic carbocycles. The van der Waals surface area contributed by atoms with Crippen LogP contribution in [-0.2, 0) is 0 Å². The van der Waals surface area contributed by atoms with Crippen LogP contribution in [0.15, 0.2) is 164 Å². The molecule has 2 aromatic heterocycles. The smallest absolute Gasteiger partial charge is 0.160 e. The van der Waals surface area contributed by atoms with Gasteiger partial charge in [0.25, 0.3) is 0 Å². The fourth-order valence-corrected chi connectivity index (χ4v) is 6.62. The van der Waals surface area contributed by atoms with Crippen molar-refractivity contribution in [3.63, 3.8) is 0 Å². The van der Waals surface area contributed by atoms with Crippen molar-refractivity contribution in [2.45, 2.75) is 0 Å². The van der Waals surface area contributed by atoms with Gasteiger partial charge in [0.1, 0.15) is 5.01 Å². The minimum Gasteiger partial charge on any atom is -0.236 e. The van der Waals surface area contributed by atoms with Gasteiger partial charge in [-0.3, -0.25) is 0 Å². The predicted molar refractivity (Wildman–Crippen MR) is 188 cm³/mol. The second-order valence-electron chi connectivity index (χ2n) is 10.9. The number of benzene rings is 6. The molecule has 0 unspecified atom stereocenters. The van der Waals surface area contributed by atoms with Crippen LogP contribution in [0.5, 0.6) is 0 Å². The standard InChI is InChI=1S/C41H27N3S/c1-4-12-28(13-5-1)29-20-22-31(23-21-29)40-42-36(30-14-6-2-7-15-30)27-37(43-40)35-19-11-10-18-34(35)33-24-25-39-38(26-33)44-41(45-39)32-16-8-3-9-17-32/h1-27H. The van der Waals surface area contributed by atoms with E-state index in [9.17, 15) is 0 Å². The van der Waals surface area contributed by atoms with E-state index in [2.05, 4.69) is 133 Å². The molecule has 0 N–H and O–H groups in total. The molecule has 2 heterocycles. The highest BCUT2D eigenvalue weighted by atomic mass is 32.1. The minimum atomic E-state index is 0.697. The van der Waals surface area contributed by atoms with E-state index < -0.39 is 0 Å². The van der Waals surface area contributed by atoms with Crippen molar-refractivity contribution < 1.29 is 0 Å². The Morgan fingerprint density at radius 1 is 0.356 bits per heavy atom. The molecular weight excluding hydrogens is 567 g/mol. The molecule has 0 bridgehead atoms. The number of hydrogen-bond donors (Lipinski definition) is 0. The first-order valence-corrected chi connectivity index (χ1v) is 15.8. The first kappa shape index (κ1) is 26.9. The van der Waals surface area contributed by atoms with Gasteiger partial charge in [-0.15, -0.1) is 11.3 Å². The van der Waals surface area contributed by atoms with Crippen LogP contribution in [-0.4, -0.2) is 15.0 Å². The van der Waals surface area contributed by atoms with Gasteiger partial charge in [-0.1, -0.05) is 146 Å². The van der Waals surface area contributed by atoms with Gasteiger partial charge in [0.15, 0.2) is 5.82 Å². The number of nitrogens with zero attached hydrogens (tertiary/aromatic N) is 3. The summed E-state index contributed by atoms with van der Waals surface area (Å²) in [5.41, 5.74) is 11.6. The molecule has 0 saturated carbocycles. The average molecular weight is 594 g/mol. The van der Waals surface area contributed by atoms with Crippen LogP contribution in [0.1, 0.15) is 0 Å². The third kappa shape index (κ3) is 5.44. The molecule has 0 saturated heterocycles. The van der Waals surface area contributed by atoms with Crippen molar-refractivity contribution >= 4 is 21.6 Å². The molecule has 0 aliphatic heterocycles. The Kier molecular flexibility index (Phi) is 7.02. The van der Waals surface area contributed by atoms with Crippen LogP contribution < -0.4 is 0 Å². The molecule has 3 nitrogen and oxygen atoms in total. The zero-order valence-electron chi connectivity index (χ0n) is 24.3. The highest BCUT2D eigenvalue weighted by Gasteiger charge is 2.15. The normalized spacial score (nSPS) is 11.1. The molecule has 0 atom stereocenters. The van der Waals surface area contributed by atoms with Crippen LogP contribution in [0.25, 0.3) is 76.9 Å². The Labute approximate surface area is 266 Å². The highest BCUT2D eigenvalue weighted by Crippen LogP contribution is 2.37. The molecule has 0 aliphatic rings. The molecule has 4 heteroatoms. The maximum atomic E-state index is 5.17. The summed E-state index contributed by atoms with van der Waals surface area (Å²) >= 11 is 1.72. The van der Waals surface area contributed by atoms with E-state index in [4.69, 9.17) is 15.0 Å². The van der Waals surface area contributed by atoms with E-state index in [0.717, 1.165) is 60.9 Å². The van der Waals surface area contributed by atoms with E-state index in [1.165, 1.54) is 10.3 Å². The Balaban J connectivity index is 1.24. The lowest BCUT2D eigenvalue weighted by Crippen LogP contribution is -1.97. The number of rotatable bonds is 6. The van der Waals surface area contributed by atoms with E-state index >= 15 is 0 Å². The fourth-order valence-electron chi connectivity index (χ4n) is 5.67. The van der Waals surface area contributed by atoms with Gasteiger partial charge in [-0.05, 0) is 40.5 Å². The second kappa shape index (κ2) is 11.8. The van der Waals surface area contributed by atoms with Gasteiger partial charge in [-0.2, -0.15) is 0 Å². The van der Waals surface area contributed by atoms with Crippen molar-refractivity contribution in [1.29, 1.82) is 0 Å². The zero-order valence-corrected chi connectivity index (χ0v) is 25.2. The van der Waals surface area contributed by atoms with E-state index in [0.29, 0.717) is 5.82 Å². The topological polar surface area (TPSA) is 38.7 Å². The Morgan fingerprint density at radius 2 is 0.889 bits per heavy atom. The summed E-state index contributed by atoms with van der Waals surface area (Å²) in [5, 5.41) is 1.03. The summed E-state index contributed by atoms with van der Waals surface area (Å²) in [6, 6.07) is 56.8. The predicted octanol–water partition coefficient (Wildman–Crippen LogP) is 11.1. The molecular formula is C41H27N3S. The van der Waals surface area contributed by atoms with Crippen molar-refractivity contribution in [3.05, 3.63) is 164 Å². The maximum Gasteiger partial charge on any atom is 0.160 e. The molecule has 6 aromatic carbocycles. The van der Waals surface area contributed by atoms with Crippen molar-refractivity contribution in [2.24, 2.45) is 0 Å². The van der Waals surface area contributed by atoms with Crippen molar-refractivity contribution in [1.82, 2.24) is 15.0 Å². The third-order valence-electron chi connectivity index (χ3n) is 7.97. The van der Waals surface area contributed by atoms with Gasteiger partial charge in [0.2, 0.25) is 0 Å². The number of fused-ring (bicyclic) bond motifs is 1. The Morgan fingerprint density at radius 3 is 1.60 bits per heavy atom. The van der Waals surface area contributed by atoms with Crippen molar-refractivity contribution in [2.75, 3.05) is 0 Å². The quantitative estimate of drug-likeness (QED) is 0.192. The first-order chi connectivity index (χ1) is 22.3. The highest BCUT2D eigenvalue weighted by molar-refractivity contribution is 7.21. The summed E-state index contributed by atoms with van der Waals surface area (Å²) in [4.78, 5) is 15.2. The summed E-state index contributed by atoms with van der Waals surface area (Å²) in [6.07, 6.45) is 0. The van der Waals surface area contributed by atoms with Gasteiger partial charge < -0.3 is 0 Å². The summed E-state index contributed by atoms with van der Waals surface area (Å²) in [6.45, 7) is 0. The monoisotopic (exact) mass is 593 g/mol. The summed E-state index contributed by atoms with van der Waals surface area (Å²) in [7, 11) is 0. The number of aromatic nitrogens is 3. The first-order valence-electron chi connectivity index (χ1n) is 14.9. The average Bonchev–Trinajstić information content (AvgIpc) is 3.56. The van der Waals surface area contributed by atoms with E-state index in [1.807, 2.05) is 30.3 Å². The number of thiazole rings is 1. The molecule has 8 aromatic rings. The Bertz CT molecular complexity index is 2240. The minimum absolute atomic E-state index is 0.697. The van der Waals surface area contributed by atoms with Crippen LogP contribution in [0.3, 0.4) is 0 Å². The molecule has 45 heavy (non-hydrogen) atoms. The van der Waals surface area contributed by atoms with Crippen LogP contribution in [0, 0.1) is 0 Å². The van der Waals surface area contributed by atoms with Crippen molar-refractivity contribution in [3.8, 4) is 66.7 Å². The lowest BCUT2D eigenvalue weighted by molar-refractivity contribution is 1.18. The molecule has 8 rings (SSSR count). The van der Waals surface area contributed by atoms with Gasteiger partial charge in [-0.25, -0.2) is 15.0 Å². The van der Waals surface area contributed by atoms with Gasteiger partial charge in [0.05, 0.1) is 21.6 Å². The second-order valence-corrected chi connectivity index (χ2v) is 11.9. The SMILES string of the molecule is c1ccc(-c2ccc(-c3nc(-c4ccccc4)cc(-c4ccccc4-c4ccc5sc(-c6ccccc6)nc5c4)n3)cc2)cc1. The molecule has 0 amide bonds. The van der Waals surface area contributed by atoms with Gasteiger partial charge >= 0.3 is 0 Å². The molecule has 0 radical (unpaired) electrons. The van der Waals surface area contributed by atoms with Gasteiger partial charge in [0, 0.05) is 22.3 Å². The summed E-state index contributed by atoms with van der Waals surface area (Å²) < 4.78 is 1.17. The van der Waals surface area contributed by atoms with E-state index in [-0.39, 0.29) is 0 Å². The molecule has 212 valence electrons. The largest absolute Gasteiger partial charge is 0.236 e.